The van der Waals surface area contributed by atoms with Crippen LogP contribution in [0.25, 0.3) is 0 Å². The zero-order chi connectivity index (χ0) is 14.9. The number of nitrogens with zero attached hydrogens (tertiary/aromatic N) is 1. The summed E-state index contributed by atoms with van der Waals surface area (Å²) in [6, 6.07) is 16.6. The first-order valence-electron chi connectivity index (χ1n) is 6.92. The van der Waals surface area contributed by atoms with Gasteiger partial charge in [-0.3, -0.25) is 5.14 Å². The molecule has 0 spiro atoms. The number of hydrogen-bond donors (Lipinski definition) is 2. The van der Waals surface area contributed by atoms with Gasteiger partial charge in [-0.15, -0.1) is 0 Å². The van der Waals surface area contributed by atoms with E-state index in [4.69, 9.17) is 5.14 Å². The molecule has 21 heavy (non-hydrogen) atoms. The van der Waals surface area contributed by atoms with Crippen LogP contribution >= 0.6 is 11.9 Å². The Bertz CT molecular complexity index is 513. The second kappa shape index (κ2) is 8.67. The SMILES string of the molecule is Fc1ccc(N2CCNCC2)cc1.NSc1ccccc1. The molecule has 0 atom stereocenters. The van der Waals surface area contributed by atoms with Gasteiger partial charge in [-0.05, 0) is 48.3 Å². The summed E-state index contributed by atoms with van der Waals surface area (Å²) >= 11 is 1.27. The fourth-order valence-corrected chi connectivity index (χ4v) is 2.39. The van der Waals surface area contributed by atoms with Crippen molar-refractivity contribution >= 4 is 17.6 Å². The lowest BCUT2D eigenvalue weighted by molar-refractivity contribution is 0.587. The summed E-state index contributed by atoms with van der Waals surface area (Å²) in [6.07, 6.45) is 0. The molecule has 0 bridgehead atoms. The van der Waals surface area contributed by atoms with E-state index in [0.717, 1.165) is 36.8 Å². The molecule has 0 radical (unpaired) electrons. The molecular weight excluding hydrogens is 285 g/mol. The molecule has 3 nitrogen and oxygen atoms in total. The van der Waals surface area contributed by atoms with E-state index in [-0.39, 0.29) is 5.82 Å². The van der Waals surface area contributed by atoms with E-state index < -0.39 is 0 Å². The number of piperazine rings is 1. The van der Waals surface area contributed by atoms with Crippen LogP contribution in [0.15, 0.2) is 59.5 Å². The number of nitrogens with one attached hydrogen (secondary N) is 1. The third kappa shape index (κ3) is 5.38. The van der Waals surface area contributed by atoms with Crippen LogP contribution in [-0.4, -0.2) is 26.2 Å². The van der Waals surface area contributed by atoms with Gasteiger partial charge in [-0.1, -0.05) is 18.2 Å². The van der Waals surface area contributed by atoms with Gasteiger partial charge >= 0.3 is 0 Å². The zero-order valence-electron chi connectivity index (χ0n) is 11.8. The fraction of sp³-hybridized carbons (Fsp3) is 0.250. The molecule has 2 aromatic rings. The first-order valence-corrected chi connectivity index (χ1v) is 7.80. The van der Waals surface area contributed by atoms with Crippen LogP contribution in [0, 0.1) is 5.82 Å². The second-order valence-electron chi connectivity index (χ2n) is 4.64. The molecule has 1 fully saturated rings. The van der Waals surface area contributed by atoms with E-state index in [1.54, 1.807) is 0 Å². The van der Waals surface area contributed by atoms with Gasteiger partial charge in [0, 0.05) is 36.8 Å². The van der Waals surface area contributed by atoms with Crippen LogP contribution < -0.4 is 15.4 Å². The van der Waals surface area contributed by atoms with Crippen molar-refractivity contribution in [1.82, 2.24) is 5.32 Å². The van der Waals surface area contributed by atoms with Crippen molar-refractivity contribution < 1.29 is 4.39 Å². The van der Waals surface area contributed by atoms with E-state index in [2.05, 4.69) is 10.2 Å². The Hall–Kier alpha value is -1.56. The Morgan fingerprint density at radius 2 is 1.57 bits per heavy atom. The van der Waals surface area contributed by atoms with Crippen LogP contribution in [0.5, 0.6) is 0 Å². The minimum absolute atomic E-state index is 0.168. The van der Waals surface area contributed by atoms with Crippen molar-refractivity contribution in [2.45, 2.75) is 4.90 Å². The summed E-state index contributed by atoms with van der Waals surface area (Å²) in [5.74, 6) is -0.168. The topological polar surface area (TPSA) is 41.3 Å². The molecule has 0 saturated carbocycles. The molecule has 5 heteroatoms. The van der Waals surface area contributed by atoms with Crippen LogP contribution in [0.3, 0.4) is 0 Å². The molecule has 112 valence electrons. The Labute approximate surface area is 129 Å². The highest BCUT2D eigenvalue weighted by atomic mass is 32.2. The number of hydrogen-bond acceptors (Lipinski definition) is 4. The van der Waals surface area contributed by atoms with Gasteiger partial charge in [-0.2, -0.15) is 0 Å². The molecule has 3 N–H and O–H groups in total. The number of benzene rings is 2. The minimum atomic E-state index is -0.168. The maximum absolute atomic E-state index is 12.6. The molecule has 1 saturated heterocycles. The predicted octanol–water partition coefficient (Wildman–Crippen LogP) is 2.89. The Morgan fingerprint density at radius 1 is 0.952 bits per heavy atom. The van der Waals surface area contributed by atoms with Crippen molar-refractivity contribution in [3.8, 4) is 0 Å². The highest BCUT2D eigenvalue weighted by molar-refractivity contribution is 7.97. The van der Waals surface area contributed by atoms with Crippen LogP contribution in [0.4, 0.5) is 10.1 Å². The lowest BCUT2D eigenvalue weighted by Crippen LogP contribution is -2.43. The van der Waals surface area contributed by atoms with Gasteiger partial charge in [0.1, 0.15) is 5.82 Å². The highest BCUT2D eigenvalue weighted by Gasteiger charge is 2.09. The fourth-order valence-electron chi connectivity index (χ4n) is 2.07. The lowest BCUT2D eigenvalue weighted by Gasteiger charge is -2.29. The first kappa shape index (κ1) is 15.8. The molecule has 3 rings (SSSR count). The molecule has 1 aliphatic rings. The summed E-state index contributed by atoms with van der Waals surface area (Å²) in [5, 5.41) is 8.55. The van der Waals surface area contributed by atoms with Gasteiger partial charge in [-0.25, -0.2) is 4.39 Å². The molecular formula is C16H20FN3S. The first-order chi connectivity index (χ1) is 10.3. The zero-order valence-corrected chi connectivity index (χ0v) is 12.7. The monoisotopic (exact) mass is 305 g/mol. The Balaban J connectivity index is 0.000000173. The number of halogens is 1. The van der Waals surface area contributed by atoms with Gasteiger partial charge in [0.05, 0.1) is 0 Å². The van der Waals surface area contributed by atoms with Gasteiger partial charge in [0.15, 0.2) is 0 Å². The maximum Gasteiger partial charge on any atom is 0.123 e. The van der Waals surface area contributed by atoms with E-state index in [1.807, 2.05) is 42.5 Å². The third-order valence-corrected chi connectivity index (χ3v) is 3.73. The minimum Gasteiger partial charge on any atom is -0.369 e. The largest absolute Gasteiger partial charge is 0.369 e. The molecule has 0 amide bonds. The van der Waals surface area contributed by atoms with Crippen molar-refractivity contribution in [2.24, 2.45) is 5.14 Å². The van der Waals surface area contributed by atoms with Gasteiger partial charge in [0.25, 0.3) is 0 Å². The van der Waals surface area contributed by atoms with E-state index in [1.165, 1.54) is 24.1 Å². The smallest absolute Gasteiger partial charge is 0.123 e. The van der Waals surface area contributed by atoms with Crippen molar-refractivity contribution in [3.63, 3.8) is 0 Å². The highest BCUT2D eigenvalue weighted by Crippen LogP contribution is 2.14. The molecule has 2 aromatic carbocycles. The van der Waals surface area contributed by atoms with Crippen LogP contribution in [0.2, 0.25) is 0 Å². The summed E-state index contributed by atoms with van der Waals surface area (Å²) in [7, 11) is 0. The number of nitrogens with two attached hydrogens (primary N) is 1. The van der Waals surface area contributed by atoms with Crippen molar-refractivity contribution in [2.75, 3.05) is 31.1 Å². The van der Waals surface area contributed by atoms with E-state index >= 15 is 0 Å². The molecule has 0 aliphatic carbocycles. The van der Waals surface area contributed by atoms with Crippen molar-refractivity contribution in [3.05, 3.63) is 60.4 Å². The quantitative estimate of drug-likeness (QED) is 0.837. The summed E-state index contributed by atoms with van der Waals surface area (Å²) in [4.78, 5) is 3.36. The Kier molecular flexibility index (Phi) is 6.53. The van der Waals surface area contributed by atoms with Gasteiger partial charge < -0.3 is 10.2 Å². The third-order valence-electron chi connectivity index (χ3n) is 3.19. The Morgan fingerprint density at radius 3 is 2.10 bits per heavy atom. The van der Waals surface area contributed by atoms with Crippen molar-refractivity contribution in [1.29, 1.82) is 0 Å². The maximum atomic E-state index is 12.6. The summed E-state index contributed by atoms with van der Waals surface area (Å²) in [5.41, 5.74) is 1.11. The van der Waals surface area contributed by atoms with Crippen LogP contribution in [0.1, 0.15) is 0 Å². The van der Waals surface area contributed by atoms with Crippen LogP contribution in [-0.2, 0) is 0 Å². The summed E-state index contributed by atoms with van der Waals surface area (Å²) in [6.45, 7) is 4.03. The average molecular weight is 305 g/mol. The predicted molar refractivity (Wildman–Crippen MR) is 88.0 cm³/mol. The molecule has 1 heterocycles. The molecule has 1 aliphatic heterocycles. The second-order valence-corrected chi connectivity index (χ2v) is 5.35. The molecule has 0 unspecified atom stereocenters. The normalized spacial score (nSPS) is 14.3. The van der Waals surface area contributed by atoms with E-state index in [0.29, 0.717) is 0 Å². The lowest BCUT2D eigenvalue weighted by atomic mass is 10.2. The molecule has 0 aromatic heterocycles. The van der Waals surface area contributed by atoms with Gasteiger partial charge in [0.2, 0.25) is 0 Å². The average Bonchev–Trinajstić information content (AvgIpc) is 2.58. The summed E-state index contributed by atoms with van der Waals surface area (Å²) < 4.78 is 12.6. The number of anilines is 1. The van der Waals surface area contributed by atoms with E-state index in [9.17, 15) is 4.39 Å². The standard InChI is InChI=1S/C10H13FN2.C6H7NS/c11-9-1-3-10(4-2-9)13-7-5-12-6-8-13;7-8-6-4-2-1-3-5-6/h1-4,12H,5-8H2;1-5H,7H2. The number of rotatable bonds is 2.